The van der Waals surface area contributed by atoms with Gasteiger partial charge in [-0.25, -0.2) is 4.90 Å². The molecule has 2 aliphatic heterocycles. The molecule has 0 aliphatic carbocycles. The van der Waals surface area contributed by atoms with Crippen LogP contribution in [-0.4, -0.2) is 37.6 Å². The molecule has 1 aromatic rings. The van der Waals surface area contributed by atoms with E-state index in [0.29, 0.717) is 12.3 Å². The Hall–Kier alpha value is -2.47. The molecule has 0 aromatic heterocycles. The minimum atomic E-state index is -0.361. The quantitative estimate of drug-likeness (QED) is 0.586. The summed E-state index contributed by atoms with van der Waals surface area (Å²) < 4.78 is 10.4. The standard InChI is InChI=1S/C18H19NO5/c1-18(11-23-12-18)8-9-24-17(22)10-13-2-4-14(5-3-13)19-15(20)6-7-16(19)21/h2-7H,8-12H2,1H3. The van der Waals surface area contributed by atoms with E-state index in [2.05, 4.69) is 6.92 Å². The van der Waals surface area contributed by atoms with Gasteiger partial charge in [0, 0.05) is 17.6 Å². The van der Waals surface area contributed by atoms with Crippen LogP contribution in [0, 0.1) is 5.41 Å². The second-order valence-corrected chi connectivity index (χ2v) is 6.46. The summed E-state index contributed by atoms with van der Waals surface area (Å²) in [6, 6.07) is 6.74. The van der Waals surface area contributed by atoms with Crippen LogP contribution < -0.4 is 4.90 Å². The third-order valence-corrected chi connectivity index (χ3v) is 4.22. The fourth-order valence-electron chi connectivity index (χ4n) is 2.64. The Kier molecular flexibility index (Phi) is 4.49. The van der Waals surface area contributed by atoms with Gasteiger partial charge in [-0.15, -0.1) is 0 Å². The predicted octanol–water partition coefficient (Wildman–Crippen LogP) is 1.63. The molecular formula is C18H19NO5. The number of nitrogens with zero attached hydrogens (tertiary/aromatic N) is 1. The molecule has 0 atom stereocenters. The lowest BCUT2D eigenvalue weighted by atomic mass is 9.85. The SMILES string of the molecule is CC1(CCOC(=O)Cc2ccc(N3C(=O)C=CC3=O)cc2)COC1. The van der Waals surface area contributed by atoms with Crippen molar-refractivity contribution < 1.29 is 23.9 Å². The van der Waals surface area contributed by atoms with Gasteiger partial charge >= 0.3 is 5.97 Å². The van der Waals surface area contributed by atoms with Crippen molar-refractivity contribution in [3.05, 3.63) is 42.0 Å². The molecule has 0 spiro atoms. The summed E-state index contributed by atoms with van der Waals surface area (Å²) in [4.78, 5) is 36.2. The van der Waals surface area contributed by atoms with Crippen molar-refractivity contribution in [2.75, 3.05) is 24.7 Å². The van der Waals surface area contributed by atoms with Gasteiger partial charge in [0.2, 0.25) is 0 Å². The normalized spacial score (nSPS) is 18.6. The maximum absolute atomic E-state index is 11.9. The molecule has 1 aromatic carbocycles. The van der Waals surface area contributed by atoms with Gasteiger partial charge in [0.1, 0.15) is 0 Å². The Labute approximate surface area is 140 Å². The second-order valence-electron chi connectivity index (χ2n) is 6.46. The van der Waals surface area contributed by atoms with Crippen molar-refractivity contribution in [3.8, 4) is 0 Å². The van der Waals surface area contributed by atoms with Crippen LogP contribution in [0.5, 0.6) is 0 Å². The molecule has 126 valence electrons. The van der Waals surface area contributed by atoms with Gasteiger partial charge in [-0.3, -0.25) is 14.4 Å². The molecule has 6 heteroatoms. The molecule has 0 saturated carbocycles. The fourth-order valence-corrected chi connectivity index (χ4v) is 2.64. The number of ether oxygens (including phenoxy) is 2. The Balaban J connectivity index is 1.49. The minimum Gasteiger partial charge on any atom is -0.465 e. The van der Waals surface area contributed by atoms with Crippen molar-refractivity contribution in [3.63, 3.8) is 0 Å². The van der Waals surface area contributed by atoms with Crippen LogP contribution in [0.15, 0.2) is 36.4 Å². The van der Waals surface area contributed by atoms with E-state index in [1.165, 1.54) is 12.2 Å². The lowest BCUT2D eigenvalue weighted by Crippen LogP contribution is -2.40. The van der Waals surface area contributed by atoms with Gasteiger partial charge in [0.05, 0.1) is 31.9 Å². The van der Waals surface area contributed by atoms with E-state index in [1.807, 2.05) is 0 Å². The third kappa shape index (κ3) is 3.54. The van der Waals surface area contributed by atoms with Crippen molar-refractivity contribution in [2.24, 2.45) is 5.41 Å². The Bertz CT molecular complexity index is 670. The smallest absolute Gasteiger partial charge is 0.310 e. The number of hydrogen-bond acceptors (Lipinski definition) is 5. The third-order valence-electron chi connectivity index (χ3n) is 4.22. The van der Waals surface area contributed by atoms with Gasteiger partial charge in [-0.2, -0.15) is 0 Å². The maximum Gasteiger partial charge on any atom is 0.310 e. The van der Waals surface area contributed by atoms with Crippen molar-refractivity contribution in [1.82, 2.24) is 0 Å². The summed E-state index contributed by atoms with van der Waals surface area (Å²) in [6.45, 7) is 3.93. The lowest BCUT2D eigenvalue weighted by molar-refractivity contribution is -0.148. The van der Waals surface area contributed by atoms with E-state index in [0.717, 1.165) is 30.1 Å². The highest BCUT2D eigenvalue weighted by molar-refractivity contribution is 6.28. The van der Waals surface area contributed by atoms with E-state index in [-0.39, 0.29) is 29.6 Å². The van der Waals surface area contributed by atoms with Crippen LogP contribution in [-0.2, 0) is 30.3 Å². The van der Waals surface area contributed by atoms with E-state index < -0.39 is 0 Å². The molecule has 0 unspecified atom stereocenters. The first kappa shape index (κ1) is 16.4. The molecule has 0 bridgehead atoms. The number of rotatable bonds is 6. The first-order valence-electron chi connectivity index (χ1n) is 7.85. The molecule has 1 fully saturated rings. The van der Waals surface area contributed by atoms with Gasteiger partial charge in [-0.05, 0) is 24.1 Å². The summed E-state index contributed by atoms with van der Waals surface area (Å²) in [7, 11) is 0. The zero-order chi connectivity index (χ0) is 17.2. The summed E-state index contributed by atoms with van der Waals surface area (Å²) in [5.41, 5.74) is 1.39. The highest BCUT2D eigenvalue weighted by Crippen LogP contribution is 2.30. The molecule has 1 saturated heterocycles. The molecule has 0 N–H and O–H groups in total. The average Bonchev–Trinajstić information content (AvgIpc) is 2.85. The van der Waals surface area contributed by atoms with Crippen LogP contribution in [0.3, 0.4) is 0 Å². The molecule has 2 amide bonds. The highest BCUT2D eigenvalue weighted by Gasteiger charge is 2.33. The van der Waals surface area contributed by atoms with E-state index >= 15 is 0 Å². The predicted molar refractivity (Wildman–Crippen MR) is 86.3 cm³/mol. The average molecular weight is 329 g/mol. The summed E-state index contributed by atoms with van der Waals surface area (Å²) in [6.07, 6.45) is 3.43. The van der Waals surface area contributed by atoms with Gasteiger partial charge < -0.3 is 9.47 Å². The maximum atomic E-state index is 11.9. The van der Waals surface area contributed by atoms with Crippen LogP contribution in [0.2, 0.25) is 0 Å². The summed E-state index contributed by atoms with van der Waals surface area (Å²) >= 11 is 0. The number of carbonyl (C=O) groups excluding carboxylic acids is 3. The molecule has 3 rings (SSSR count). The number of anilines is 1. The Morgan fingerprint density at radius 1 is 1.17 bits per heavy atom. The zero-order valence-corrected chi connectivity index (χ0v) is 13.5. The largest absolute Gasteiger partial charge is 0.465 e. The molecule has 0 radical (unpaired) electrons. The first-order valence-corrected chi connectivity index (χ1v) is 7.85. The fraction of sp³-hybridized carbons (Fsp3) is 0.389. The Morgan fingerprint density at radius 3 is 2.33 bits per heavy atom. The molecule has 6 nitrogen and oxygen atoms in total. The number of imide groups is 1. The minimum absolute atomic E-state index is 0.130. The number of carbonyl (C=O) groups is 3. The van der Waals surface area contributed by atoms with Gasteiger partial charge in [-0.1, -0.05) is 19.1 Å². The molecule has 2 heterocycles. The number of benzene rings is 1. The summed E-state index contributed by atoms with van der Waals surface area (Å²) in [5.74, 6) is -1.01. The van der Waals surface area contributed by atoms with Crippen LogP contribution in [0.4, 0.5) is 5.69 Å². The van der Waals surface area contributed by atoms with E-state index in [4.69, 9.17) is 9.47 Å². The van der Waals surface area contributed by atoms with E-state index in [9.17, 15) is 14.4 Å². The van der Waals surface area contributed by atoms with Crippen LogP contribution >= 0.6 is 0 Å². The first-order chi connectivity index (χ1) is 11.5. The number of hydrogen-bond donors (Lipinski definition) is 0. The van der Waals surface area contributed by atoms with Gasteiger partial charge in [0.25, 0.3) is 11.8 Å². The summed E-state index contributed by atoms with van der Waals surface area (Å²) in [5, 5.41) is 0. The number of amides is 2. The zero-order valence-electron chi connectivity index (χ0n) is 13.5. The van der Waals surface area contributed by atoms with Crippen molar-refractivity contribution in [1.29, 1.82) is 0 Å². The van der Waals surface area contributed by atoms with Crippen LogP contribution in [0.1, 0.15) is 18.9 Å². The molecular weight excluding hydrogens is 310 g/mol. The van der Waals surface area contributed by atoms with Crippen molar-refractivity contribution >= 4 is 23.5 Å². The van der Waals surface area contributed by atoms with Crippen molar-refractivity contribution in [2.45, 2.75) is 19.8 Å². The van der Waals surface area contributed by atoms with Crippen LogP contribution in [0.25, 0.3) is 0 Å². The van der Waals surface area contributed by atoms with E-state index in [1.54, 1.807) is 24.3 Å². The monoisotopic (exact) mass is 329 g/mol. The molecule has 24 heavy (non-hydrogen) atoms. The number of esters is 1. The van der Waals surface area contributed by atoms with Gasteiger partial charge in [0.15, 0.2) is 0 Å². The molecule has 2 aliphatic rings. The Morgan fingerprint density at radius 2 is 1.79 bits per heavy atom. The lowest BCUT2D eigenvalue weighted by Gasteiger charge is -2.37. The topological polar surface area (TPSA) is 72.9 Å². The second kappa shape index (κ2) is 6.57. The highest BCUT2D eigenvalue weighted by atomic mass is 16.5.